The smallest absolute Gasteiger partial charge is 0.0948 e. The molecule has 2 unspecified atom stereocenters. The molecule has 0 saturated heterocycles. The lowest BCUT2D eigenvalue weighted by molar-refractivity contribution is -0.0806. The molecule has 2 rings (SSSR count). The van der Waals surface area contributed by atoms with Crippen molar-refractivity contribution < 1.29 is 9.84 Å². The SMILES string of the molecule is CCOCC1(O)CCCCC1c1ccccc1. The topological polar surface area (TPSA) is 29.5 Å². The van der Waals surface area contributed by atoms with Crippen LogP contribution in [0.1, 0.15) is 44.1 Å². The first-order chi connectivity index (χ1) is 8.26. The molecule has 0 bridgehead atoms. The van der Waals surface area contributed by atoms with Crippen LogP contribution in [0, 0.1) is 0 Å². The van der Waals surface area contributed by atoms with E-state index in [2.05, 4.69) is 12.1 Å². The maximum Gasteiger partial charge on any atom is 0.0948 e. The van der Waals surface area contributed by atoms with E-state index in [1.54, 1.807) is 0 Å². The van der Waals surface area contributed by atoms with Crippen LogP contribution in [-0.4, -0.2) is 23.9 Å². The molecule has 2 heteroatoms. The van der Waals surface area contributed by atoms with Gasteiger partial charge in [-0.2, -0.15) is 0 Å². The summed E-state index contributed by atoms with van der Waals surface area (Å²) in [5.74, 6) is 0.226. The van der Waals surface area contributed by atoms with Gasteiger partial charge in [0, 0.05) is 12.5 Å². The van der Waals surface area contributed by atoms with Gasteiger partial charge in [0.15, 0.2) is 0 Å². The molecule has 94 valence electrons. The van der Waals surface area contributed by atoms with E-state index in [1.165, 1.54) is 12.0 Å². The van der Waals surface area contributed by atoms with Crippen molar-refractivity contribution in [3.05, 3.63) is 35.9 Å². The molecule has 1 saturated carbocycles. The number of benzene rings is 1. The highest BCUT2D eigenvalue weighted by Crippen LogP contribution is 2.41. The molecule has 1 aliphatic rings. The summed E-state index contributed by atoms with van der Waals surface area (Å²) in [5, 5.41) is 10.8. The first-order valence-corrected chi connectivity index (χ1v) is 6.61. The van der Waals surface area contributed by atoms with E-state index in [0.717, 1.165) is 19.3 Å². The fourth-order valence-electron chi connectivity index (χ4n) is 2.84. The Morgan fingerprint density at radius 3 is 2.76 bits per heavy atom. The Labute approximate surface area is 104 Å². The van der Waals surface area contributed by atoms with E-state index in [-0.39, 0.29) is 5.92 Å². The minimum absolute atomic E-state index is 0.226. The summed E-state index contributed by atoms with van der Waals surface area (Å²) in [5.41, 5.74) is 0.574. The molecule has 0 spiro atoms. The molecule has 0 amide bonds. The average molecular weight is 234 g/mol. The van der Waals surface area contributed by atoms with Crippen LogP contribution in [0.15, 0.2) is 30.3 Å². The Balaban J connectivity index is 2.17. The minimum atomic E-state index is -0.671. The third-order valence-electron chi connectivity index (χ3n) is 3.76. The molecule has 17 heavy (non-hydrogen) atoms. The van der Waals surface area contributed by atoms with Crippen LogP contribution in [0.25, 0.3) is 0 Å². The highest BCUT2D eigenvalue weighted by Gasteiger charge is 2.39. The van der Waals surface area contributed by atoms with Gasteiger partial charge < -0.3 is 9.84 Å². The summed E-state index contributed by atoms with van der Waals surface area (Å²) in [4.78, 5) is 0. The van der Waals surface area contributed by atoms with Crippen molar-refractivity contribution >= 4 is 0 Å². The van der Waals surface area contributed by atoms with Crippen LogP contribution in [0.3, 0.4) is 0 Å². The molecular formula is C15H22O2. The molecule has 1 aromatic carbocycles. The lowest BCUT2D eigenvalue weighted by Gasteiger charge is -2.40. The molecule has 2 atom stereocenters. The zero-order chi connectivity index (χ0) is 12.1. The molecule has 0 radical (unpaired) electrons. The molecule has 1 N–H and O–H groups in total. The number of hydrogen-bond donors (Lipinski definition) is 1. The predicted molar refractivity (Wildman–Crippen MR) is 69.1 cm³/mol. The van der Waals surface area contributed by atoms with Gasteiger partial charge in [0.25, 0.3) is 0 Å². The lowest BCUT2D eigenvalue weighted by atomic mass is 9.72. The highest BCUT2D eigenvalue weighted by molar-refractivity contribution is 5.23. The molecule has 1 aliphatic carbocycles. The summed E-state index contributed by atoms with van der Waals surface area (Å²) >= 11 is 0. The largest absolute Gasteiger partial charge is 0.387 e. The van der Waals surface area contributed by atoms with E-state index in [9.17, 15) is 5.11 Å². The van der Waals surface area contributed by atoms with E-state index >= 15 is 0 Å². The maximum atomic E-state index is 10.8. The van der Waals surface area contributed by atoms with E-state index in [0.29, 0.717) is 13.2 Å². The fourth-order valence-corrected chi connectivity index (χ4v) is 2.84. The Kier molecular flexibility index (Phi) is 4.19. The van der Waals surface area contributed by atoms with Crippen molar-refractivity contribution in [2.75, 3.05) is 13.2 Å². The summed E-state index contributed by atoms with van der Waals surface area (Å²) in [6, 6.07) is 10.4. The number of aliphatic hydroxyl groups is 1. The summed E-state index contributed by atoms with van der Waals surface area (Å²) in [6.07, 6.45) is 4.22. The van der Waals surface area contributed by atoms with E-state index in [1.807, 2.05) is 25.1 Å². The summed E-state index contributed by atoms with van der Waals surface area (Å²) < 4.78 is 5.48. The molecule has 1 fully saturated rings. The van der Waals surface area contributed by atoms with Gasteiger partial charge in [0.05, 0.1) is 12.2 Å². The predicted octanol–water partition coefficient (Wildman–Crippen LogP) is 3.11. The fraction of sp³-hybridized carbons (Fsp3) is 0.600. The van der Waals surface area contributed by atoms with Crippen molar-refractivity contribution in [2.24, 2.45) is 0 Å². The molecule has 1 aromatic rings. The number of ether oxygens (including phenoxy) is 1. The summed E-state index contributed by atoms with van der Waals surface area (Å²) in [6.45, 7) is 3.11. The Bertz CT molecular complexity index is 336. The molecule has 0 aliphatic heterocycles. The Morgan fingerprint density at radius 2 is 2.06 bits per heavy atom. The van der Waals surface area contributed by atoms with Gasteiger partial charge in [-0.05, 0) is 25.3 Å². The molecule has 0 aromatic heterocycles. The van der Waals surface area contributed by atoms with Crippen LogP contribution in [0.4, 0.5) is 0 Å². The van der Waals surface area contributed by atoms with Crippen LogP contribution in [-0.2, 0) is 4.74 Å². The summed E-state index contributed by atoms with van der Waals surface area (Å²) in [7, 11) is 0. The quantitative estimate of drug-likeness (QED) is 0.867. The zero-order valence-electron chi connectivity index (χ0n) is 10.6. The van der Waals surface area contributed by atoms with Crippen molar-refractivity contribution in [1.29, 1.82) is 0 Å². The lowest BCUT2D eigenvalue weighted by Crippen LogP contribution is -2.43. The van der Waals surface area contributed by atoms with Crippen molar-refractivity contribution in [3.63, 3.8) is 0 Å². The number of hydrogen-bond acceptors (Lipinski definition) is 2. The maximum absolute atomic E-state index is 10.8. The molecule has 0 heterocycles. The van der Waals surface area contributed by atoms with Crippen LogP contribution < -0.4 is 0 Å². The Hall–Kier alpha value is -0.860. The van der Waals surface area contributed by atoms with Crippen LogP contribution >= 0.6 is 0 Å². The minimum Gasteiger partial charge on any atom is -0.387 e. The molecular weight excluding hydrogens is 212 g/mol. The van der Waals surface area contributed by atoms with Gasteiger partial charge in [0.1, 0.15) is 0 Å². The van der Waals surface area contributed by atoms with Crippen LogP contribution in [0.5, 0.6) is 0 Å². The van der Waals surface area contributed by atoms with Crippen molar-refractivity contribution in [1.82, 2.24) is 0 Å². The monoisotopic (exact) mass is 234 g/mol. The second-order valence-electron chi connectivity index (χ2n) is 4.95. The Morgan fingerprint density at radius 1 is 1.29 bits per heavy atom. The average Bonchev–Trinajstić information content (AvgIpc) is 2.38. The first-order valence-electron chi connectivity index (χ1n) is 6.61. The van der Waals surface area contributed by atoms with Gasteiger partial charge in [-0.15, -0.1) is 0 Å². The van der Waals surface area contributed by atoms with Crippen molar-refractivity contribution in [3.8, 4) is 0 Å². The number of rotatable bonds is 4. The van der Waals surface area contributed by atoms with Gasteiger partial charge in [0.2, 0.25) is 0 Å². The van der Waals surface area contributed by atoms with Gasteiger partial charge in [-0.3, -0.25) is 0 Å². The highest BCUT2D eigenvalue weighted by atomic mass is 16.5. The molecule has 2 nitrogen and oxygen atoms in total. The first kappa shape index (κ1) is 12.6. The third-order valence-corrected chi connectivity index (χ3v) is 3.76. The zero-order valence-corrected chi connectivity index (χ0v) is 10.6. The normalized spacial score (nSPS) is 29.2. The van der Waals surface area contributed by atoms with E-state index in [4.69, 9.17) is 4.74 Å². The van der Waals surface area contributed by atoms with Crippen molar-refractivity contribution in [2.45, 2.75) is 44.1 Å². The standard InChI is InChI=1S/C15H22O2/c1-2-17-12-15(16)11-7-6-10-14(15)13-8-4-3-5-9-13/h3-5,8-9,14,16H,2,6-7,10-12H2,1H3. The van der Waals surface area contributed by atoms with Gasteiger partial charge in [-0.1, -0.05) is 43.2 Å². The van der Waals surface area contributed by atoms with Gasteiger partial charge in [-0.25, -0.2) is 0 Å². The second kappa shape index (κ2) is 5.65. The van der Waals surface area contributed by atoms with E-state index < -0.39 is 5.60 Å². The third kappa shape index (κ3) is 2.88. The van der Waals surface area contributed by atoms with Crippen LogP contribution in [0.2, 0.25) is 0 Å². The van der Waals surface area contributed by atoms with Gasteiger partial charge >= 0.3 is 0 Å². The second-order valence-corrected chi connectivity index (χ2v) is 4.95.